The van der Waals surface area contributed by atoms with Gasteiger partial charge in [0.1, 0.15) is 0 Å². The van der Waals surface area contributed by atoms with Crippen LogP contribution in [0.2, 0.25) is 0 Å². The zero-order chi connectivity index (χ0) is 11.8. The van der Waals surface area contributed by atoms with Crippen molar-refractivity contribution in [2.24, 2.45) is 0 Å². The van der Waals surface area contributed by atoms with Crippen LogP contribution in [0.3, 0.4) is 0 Å². The number of unbranched alkanes of at least 4 members (excludes halogenated alkanes) is 1. The van der Waals surface area contributed by atoms with E-state index in [0.29, 0.717) is 31.0 Å². The van der Waals surface area contributed by atoms with Gasteiger partial charge >= 0.3 is 0 Å². The second-order valence-corrected chi connectivity index (χ2v) is 4.00. The van der Waals surface area contributed by atoms with Gasteiger partial charge in [0, 0.05) is 11.1 Å². The second-order valence-electron chi connectivity index (χ2n) is 3.08. The van der Waals surface area contributed by atoms with Crippen molar-refractivity contribution in [2.45, 2.75) is 12.8 Å². The summed E-state index contributed by atoms with van der Waals surface area (Å²) >= 11 is 3.31. The van der Waals surface area contributed by atoms with Crippen molar-refractivity contribution in [3.63, 3.8) is 0 Å². The van der Waals surface area contributed by atoms with E-state index in [-0.39, 0.29) is 6.61 Å². The summed E-state index contributed by atoms with van der Waals surface area (Å²) in [6.45, 7) is 0.996. The smallest absolute Gasteiger partial charge is 0.298 e. The number of rotatable bonds is 7. The van der Waals surface area contributed by atoms with Crippen LogP contribution in [0.5, 0.6) is 11.5 Å². The van der Waals surface area contributed by atoms with Gasteiger partial charge in [0.25, 0.3) is 6.47 Å². The van der Waals surface area contributed by atoms with E-state index >= 15 is 0 Å². The number of benzene rings is 1. The maximum absolute atomic E-state index is 10.3. The SMILES string of the molecule is O=COc1ccc(Br)cc1OCCCCO. The molecule has 0 fully saturated rings. The van der Waals surface area contributed by atoms with Gasteiger partial charge in [-0.2, -0.15) is 0 Å². The molecule has 0 aromatic heterocycles. The first-order valence-corrected chi connectivity index (χ1v) is 5.70. The maximum atomic E-state index is 10.3. The Kier molecular flexibility index (Phi) is 5.88. The largest absolute Gasteiger partial charge is 0.490 e. The van der Waals surface area contributed by atoms with E-state index in [9.17, 15) is 4.79 Å². The summed E-state index contributed by atoms with van der Waals surface area (Å²) in [5.41, 5.74) is 0. The lowest BCUT2D eigenvalue weighted by molar-refractivity contribution is -0.120. The lowest BCUT2D eigenvalue weighted by Gasteiger charge is -2.09. The molecule has 0 saturated carbocycles. The fourth-order valence-corrected chi connectivity index (χ4v) is 1.48. The normalized spacial score (nSPS) is 9.88. The lowest BCUT2D eigenvalue weighted by Crippen LogP contribution is -2.01. The van der Waals surface area contributed by atoms with Gasteiger partial charge in [0.05, 0.1) is 6.61 Å². The van der Waals surface area contributed by atoms with E-state index in [1.807, 2.05) is 0 Å². The molecule has 4 nitrogen and oxygen atoms in total. The van der Waals surface area contributed by atoms with Crippen LogP contribution < -0.4 is 9.47 Å². The van der Waals surface area contributed by atoms with E-state index in [0.717, 1.165) is 10.9 Å². The Morgan fingerprint density at radius 1 is 1.31 bits per heavy atom. The monoisotopic (exact) mass is 288 g/mol. The molecule has 0 amide bonds. The molecule has 1 aromatic carbocycles. The Labute approximate surface area is 102 Å². The Morgan fingerprint density at radius 2 is 2.12 bits per heavy atom. The fraction of sp³-hybridized carbons (Fsp3) is 0.364. The predicted octanol–water partition coefficient (Wildman–Crippen LogP) is 2.14. The van der Waals surface area contributed by atoms with Crippen molar-refractivity contribution in [1.29, 1.82) is 0 Å². The fourth-order valence-electron chi connectivity index (χ4n) is 1.14. The van der Waals surface area contributed by atoms with Crippen molar-refractivity contribution < 1.29 is 19.4 Å². The van der Waals surface area contributed by atoms with Gasteiger partial charge in [0.15, 0.2) is 11.5 Å². The molecule has 0 saturated heterocycles. The molecule has 0 bridgehead atoms. The standard InChI is InChI=1S/C11H13BrO4/c12-9-3-4-10(16-8-14)11(7-9)15-6-2-1-5-13/h3-4,7-8,13H,1-2,5-6H2. The van der Waals surface area contributed by atoms with Crippen molar-refractivity contribution in [2.75, 3.05) is 13.2 Å². The number of aliphatic hydroxyl groups excluding tert-OH is 1. The van der Waals surface area contributed by atoms with Gasteiger partial charge in [-0.05, 0) is 31.0 Å². The summed E-state index contributed by atoms with van der Waals surface area (Å²) < 4.78 is 11.1. The van der Waals surface area contributed by atoms with Crippen LogP contribution in [0.25, 0.3) is 0 Å². The first-order chi connectivity index (χ1) is 7.77. The number of hydrogen-bond acceptors (Lipinski definition) is 4. The van der Waals surface area contributed by atoms with Crippen LogP contribution in [0, 0.1) is 0 Å². The minimum absolute atomic E-state index is 0.152. The average molecular weight is 289 g/mol. The highest BCUT2D eigenvalue weighted by atomic mass is 79.9. The average Bonchev–Trinajstić information content (AvgIpc) is 2.28. The Morgan fingerprint density at radius 3 is 2.81 bits per heavy atom. The highest BCUT2D eigenvalue weighted by molar-refractivity contribution is 9.10. The van der Waals surface area contributed by atoms with Crippen LogP contribution >= 0.6 is 15.9 Å². The Balaban J connectivity index is 2.60. The molecule has 16 heavy (non-hydrogen) atoms. The summed E-state index contributed by atoms with van der Waals surface area (Å²) in [6.07, 6.45) is 1.45. The maximum Gasteiger partial charge on any atom is 0.298 e. The molecule has 0 aliphatic carbocycles. The van der Waals surface area contributed by atoms with Gasteiger partial charge < -0.3 is 14.6 Å². The van der Waals surface area contributed by atoms with E-state index in [1.165, 1.54) is 0 Å². The molecule has 0 heterocycles. The molecule has 1 rings (SSSR count). The Bertz CT molecular complexity index is 341. The Hall–Kier alpha value is -1.07. The molecular formula is C11H13BrO4. The van der Waals surface area contributed by atoms with E-state index in [1.54, 1.807) is 18.2 Å². The quantitative estimate of drug-likeness (QED) is 0.617. The molecular weight excluding hydrogens is 276 g/mol. The summed E-state index contributed by atoms with van der Waals surface area (Å²) in [5.74, 6) is 0.904. The highest BCUT2D eigenvalue weighted by Gasteiger charge is 2.05. The highest BCUT2D eigenvalue weighted by Crippen LogP contribution is 2.30. The number of carbonyl (C=O) groups is 1. The third kappa shape index (κ3) is 4.20. The first kappa shape index (κ1) is 13.0. The van der Waals surface area contributed by atoms with Gasteiger partial charge in [-0.3, -0.25) is 4.79 Å². The van der Waals surface area contributed by atoms with Gasteiger partial charge in [0.2, 0.25) is 0 Å². The minimum Gasteiger partial charge on any atom is -0.490 e. The van der Waals surface area contributed by atoms with E-state index in [2.05, 4.69) is 15.9 Å². The van der Waals surface area contributed by atoms with Crippen LogP contribution in [-0.4, -0.2) is 24.8 Å². The van der Waals surface area contributed by atoms with E-state index < -0.39 is 0 Å². The number of ether oxygens (including phenoxy) is 2. The van der Waals surface area contributed by atoms with Crippen LogP contribution in [0.15, 0.2) is 22.7 Å². The van der Waals surface area contributed by atoms with Crippen molar-refractivity contribution in [3.8, 4) is 11.5 Å². The van der Waals surface area contributed by atoms with E-state index in [4.69, 9.17) is 14.6 Å². The number of carbonyl (C=O) groups excluding carboxylic acids is 1. The molecule has 0 unspecified atom stereocenters. The molecule has 88 valence electrons. The van der Waals surface area contributed by atoms with Crippen LogP contribution in [0.4, 0.5) is 0 Å². The number of aliphatic hydroxyl groups is 1. The molecule has 0 radical (unpaired) electrons. The molecule has 1 aromatic rings. The zero-order valence-corrected chi connectivity index (χ0v) is 10.3. The molecule has 0 aliphatic rings. The molecule has 0 atom stereocenters. The third-order valence-electron chi connectivity index (χ3n) is 1.89. The number of halogens is 1. The second kappa shape index (κ2) is 7.24. The first-order valence-electron chi connectivity index (χ1n) is 4.91. The van der Waals surface area contributed by atoms with Gasteiger partial charge in [-0.15, -0.1) is 0 Å². The summed E-state index contributed by atoms with van der Waals surface area (Å²) in [4.78, 5) is 10.3. The molecule has 1 N–H and O–H groups in total. The van der Waals surface area contributed by atoms with Crippen LogP contribution in [0.1, 0.15) is 12.8 Å². The summed E-state index contributed by atoms with van der Waals surface area (Å²) in [5, 5.41) is 8.61. The topological polar surface area (TPSA) is 55.8 Å². The molecule has 0 aliphatic heterocycles. The molecule has 0 spiro atoms. The van der Waals surface area contributed by atoms with Crippen molar-refractivity contribution >= 4 is 22.4 Å². The molecule has 5 heteroatoms. The minimum atomic E-state index is 0.152. The van der Waals surface area contributed by atoms with Crippen LogP contribution in [-0.2, 0) is 4.79 Å². The third-order valence-corrected chi connectivity index (χ3v) is 2.38. The van der Waals surface area contributed by atoms with Crippen molar-refractivity contribution in [3.05, 3.63) is 22.7 Å². The number of hydrogen-bond donors (Lipinski definition) is 1. The van der Waals surface area contributed by atoms with Gasteiger partial charge in [-0.1, -0.05) is 15.9 Å². The van der Waals surface area contributed by atoms with Gasteiger partial charge in [-0.25, -0.2) is 0 Å². The van der Waals surface area contributed by atoms with Crippen molar-refractivity contribution in [1.82, 2.24) is 0 Å². The summed E-state index contributed by atoms with van der Waals surface area (Å²) in [6, 6.07) is 5.15. The zero-order valence-electron chi connectivity index (χ0n) is 8.69. The predicted molar refractivity (Wildman–Crippen MR) is 62.6 cm³/mol. The lowest BCUT2D eigenvalue weighted by atomic mass is 10.3. The summed E-state index contributed by atoms with van der Waals surface area (Å²) in [7, 11) is 0.